The van der Waals surface area contributed by atoms with E-state index in [9.17, 15) is 22.8 Å². The van der Waals surface area contributed by atoms with Crippen LogP contribution < -0.4 is 10.1 Å². The number of rotatable bonds is 3. The van der Waals surface area contributed by atoms with Crippen molar-refractivity contribution >= 4 is 11.8 Å². The molecule has 4 nitrogen and oxygen atoms in total. The van der Waals surface area contributed by atoms with Crippen LogP contribution in [0.1, 0.15) is 20.7 Å². The first-order valence-electron chi connectivity index (χ1n) is 6.12. The van der Waals surface area contributed by atoms with Crippen molar-refractivity contribution in [1.29, 1.82) is 0 Å². The van der Waals surface area contributed by atoms with Gasteiger partial charge in [-0.1, -0.05) is 18.2 Å². The highest BCUT2D eigenvalue weighted by atomic mass is 19.4. The molecule has 2 aromatic carbocycles. The van der Waals surface area contributed by atoms with Gasteiger partial charge in [-0.25, -0.2) is 0 Å². The monoisotopic (exact) mass is 309 g/mol. The van der Waals surface area contributed by atoms with Crippen molar-refractivity contribution in [2.45, 2.75) is 6.36 Å². The number of imide groups is 1. The number of nitrogens with one attached hydrogen (secondary N) is 1. The van der Waals surface area contributed by atoms with Crippen LogP contribution in [0.5, 0.6) is 5.75 Å². The Hall–Kier alpha value is -2.83. The Morgan fingerprint density at radius 1 is 0.818 bits per heavy atom. The Bertz CT molecular complexity index is 667. The van der Waals surface area contributed by atoms with Gasteiger partial charge in [-0.15, -0.1) is 13.2 Å². The van der Waals surface area contributed by atoms with Crippen LogP contribution in [-0.2, 0) is 0 Å². The van der Waals surface area contributed by atoms with Gasteiger partial charge in [0, 0.05) is 11.1 Å². The first kappa shape index (κ1) is 15.6. The van der Waals surface area contributed by atoms with E-state index in [1.165, 1.54) is 12.1 Å². The van der Waals surface area contributed by atoms with E-state index < -0.39 is 23.9 Å². The number of hydrogen-bond donors (Lipinski definition) is 1. The van der Waals surface area contributed by atoms with Crippen molar-refractivity contribution in [3.8, 4) is 5.75 Å². The van der Waals surface area contributed by atoms with Crippen LogP contribution in [0.25, 0.3) is 0 Å². The van der Waals surface area contributed by atoms with Gasteiger partial charge in [0.25, 0.3) is 11.8 Å². The quantitative estimate of drug-likeness (QED) is 0.886. The van der Waals surface area contributed by atoms with E-state index in [1.54, 1.807) is 18.2 Å². The van der Waals surface area contributed by atoms with Crippen LogP contribution >= 0.6 is 0 Å². The van der Waals surface area contributed by atoms with E-state index >= 15 is 0 Å². The van der Waals surface area contributed by atoms with E-state index in [0.717, 1.165) is 24.3 Å². The third kappa shape index (κ3) is 4.34. The summed E-state index contributed by atoms with van der Waals surface area (Å²) >= 11 is 0. The van der Waals surface area contributed by atoms with E-state index in [0.29, 0.717) is 5.56 Å². The predicted octanol–water partition coefficient (Wildman–Crippen LogP) is 3.16. The summed E-state index contributed by atoms with van der Waals surface area (Å²) in [7, 11) is 0. The second-order valence-electron chi connectivity index (χ2n) is 4.22. The number of carbonyl (C=O) groups excluding carboxylic acids is 2. The van der Waals surface area contributed by atoms with E-state index in [2.05, 4.69) is 10.1 Å². The van der Waals surface area contributed by atoms with E-state index in [4.69, 9.17) is 0 Å². The molecule has 7 heteroatoms. The van der Waals surface area contributed by atoms with Crippen molar-refractivity contribution in [2.75, 3.05) is 0 Å². The zero-order chi connectivity index (χ0) is 16.2. The van der Waals surface area contributed by atoms with Crippen LogP contribution in [0.2, 0.25) is 0 Å². The topological polar surface area (TPSA) is 55.4 Å². The number of amides is 2. The van der Waals surface area contributed by atoms with Gasteiger partial charge in [-0.3, -0.25) is 14.9 Å². The standard InChI is InChI=1S/C15H10F3NO3/c16-15(17,18)22-12-8-6-11(7-9-12)14(21)19-13(20)10-4-2-1-3-5-10/h1-9H,(H,19,20,21). The second kappa shape index (κ2) is 6.30. The molecule has 0 aliphatic carbocycles. The average molecular weight is 309 g/mol. The molecule has 0 aliphatic heterocycles. The Morgan fingerprint density at radius 3 is 1.82 bits per heavy atom. The molecule has 2 amide bonds. The SMILES string of the molecule is O=C(NC(=O)c1ccc(OC(F)(F)F)cc1)c1ccccc1. The first-order valence-corrected chi connectivity index (χ1v) is 6.12. The molecule has 2 aromatic rings. The largest absolute Gasteiger partial charge is 0.573 e. The minimum atomic E-state index is -4.80. The second-order valence-corrected chi connectivity index (χ2v) is 4.22. The highest BCUT2D eigenvalue weighted by Crippen LogP contribution is 2.22. The number of hydrogen-bond acceptors (Lipinski definition) is 3. The molecule has 0 fully saturated rings. The fourth-order valence-electron chi connectivity index (χ4n) is 1.64. The smallest absolute Gasteiger partial charge is 0.406 e. The van der Waals surface area contributed by atoms with Crippen molar-refractivity contribution in [2.24, 2.45) is 0 Å². The molecular weight excluding hydrogens is 299 g/mol. The summed E-state index contributed by atoms with van der Waals surface area (Å²) in [4.78, 5) is 23.6. The van der Waals surface area contributed by atoms with Gasteiger partial charge in [0.1, 0.15) is 5.75 Å². The van der Waals surface area contributed by atoms with Crippen LogP contribution in [0.3, 0.4) is 0 Å². The average Bonchev–Trinajstić information content (AvgIpc) is 2.47. The number of carbonyl (C=O) groups is 2. The number of ether oxygens (including phenoxy) is 1. The lowest BCUT2D eigenvalue weighted by Crippen LogP contribution is -2.30. The highest BCUT2D eigenvalue weighted by molar-refractivity contribution is 6.10. The summed E-state index contributed by atoms with van der Waals surface area (Å²) in [6, 6.07) is 12.3. The number of alkyl halides is 3. The minimum Gasteiger partial charge on any atom is -0.406 e. The van der Waals surface area contributed by atoms with Crippen LogP contribution in [0, 0.1) is 0 Å². The van der Waals surface area contributed by atoms with Gasteiger partial charge in [0.2, 0.25) is 0 Å². The Kier molecular flexibility index (Phi) is 4.45. The maximum Gasteiger partial charge on any atom is 0.573 e. The van der Waals surface area contributed by atoms with Crippen LogP contribution in [0.15, 0.2) is 54.6 Å². The first-order chi connectivity index (χ1) is 10.3. The van der Waals surface area contributed by atoms with Crippen LogP contribution in [0.4, 0.5) is 13.2 Å². The van der Waals surface area contributed by atoms with Gasteiger partial charge in [-0.2, -0.15) is 0 Å². The lowest BCUT2D eigenvalue weighted by molar-refractivity contribution is -0.274. The molecule has 0 unspecified atom stereocenters. The lowest BCUT2D eigenvalue weighted by atomic mass is 10.2. The summed E-state index contributed by atoms with van der Waals surface area (Å²) in [5.74, 6) is -1.76. The maximum atomic E-state index is 12.0. The fourth-order valence-corrected chi connectivity index (χ4v) is 1.64. The normalized spacial score (nSPS) is 10.9. The molecule has 0 bridgehead atoms. The predicted molar refractivity (Wildman–Crippen MR) is 71.4 cm³/mol. The molecule has 0 aromatic heterocycles. The van der Waals surface area contributed by atoms with Crippen molar-refractivity contribution in [1.82, 2.24) is 5.32 Å². The van der Waals surface area contributed by atoms with Gasteiger partial charge < -0.3 is 4.74 Å². The maximum absolute atomic E-state index is 12.0. The van der Waals surface area contributed by atoms with Crippen molar-refractivity contribution < 1.29 is 27.5 Å². The van der Waals surface area contributed by atoms with E-state index in [1.807, 2.05) is 0 Å². The van der Waals surface area contributed by atoms with E-state index in [-0.39, 0.29) is 5.56 Å². The molecule has 0 heterocycles. The highest BCUT2D eigenvalue weighted by Gasteiger charge is 2.31. The Balaban J connectivity index is 2.03. The summed E-state index contributed by atoms with van der Waals surface area (Å²) in [6.45, 7) is 0. The molecule has 1 N–H and O–H groups in total. The molecule has 0 spiro atoms. The number of benzene rings is 2. The van der Waals surface area contributed by atoms with Gasteiger partial charge in [0.05, 0.1) is 0 Å². The number of halogens is 3. The van der Waals surface area contributed by atoms with Gasteiger partial charge in [0.15, 0.2) is 0 Å². The zero-order valence-corrected chi connectivity index (χ0v) is 11.1. The van der Waals surface area contributed by atoms with Crippen molar-refractivity contribution in [3.05, 3.63) is 65.7 Å². The summed E-state index contributed by atoms with van der Waals surface area (Å²) in [5, 5.41) is 2.14. The van der Waals surface area contributed by atoms with Crippen molar-refractivity contribution in [3.63, 3.8) is 0 Å². The van der Waals surface area contributed by atoms with Gasteiger partial charge in [-0.05, 0) is 36.4 Å². The van der Waals surface area contributed by atoms with Gasteiger partial charge >= 0.3 is 6.36 Å². The molecule has 2 rings (SSSR count). The molecule has 114 valence electrons. The molecule has 0 saturated carbocycles. The Labute approximate surface area is 123 Å². The molecular formula is C15H10F3NO3. The Morgan fingerprint density at radius 2 is 1.32 bits per heavy atom. The molecule has 0 atom stereocenters. The summed E-state index contributed by atoms with van der Waals surface area (Å²) in [5.41, 5.74) is 0.340. The molecule has 0 radical (unpaired) electrons. The lowest BCUT2D eigenvalue weighted by Gasteiger charge is -2.09. The zero-order valence-electron chi connectivity index (χ0n) is 11.1. The molecule has 0 saturated heterocycles. The van der Waals surface area contributed by atoms with Crippen LogP contribution in [-0.4, -0.2) is 18.2 Å². The summed E-state index contributed by atoms with van der Waals surface area (Å²) in [6.07, 6.45) is -4.80. The summed E-state index contributed by atoms with van der Waals surface area (Å²) < 4.78 is 39.7. The fraction of sp³-hybridized carbons (Fsp3) is 0.0667. The third-order valence-corrected chi connectivity index (χ3v) is 2.61. The molecule has 0 aliphatic rings. The molecule has 22 heavy (non-hydrogen) atoms. The minimum absolute atomic E-state index is 0.0406. The third-order valence-electron chi connectivity index (χ3n) is 2.61.